The van der Waals surface area contributed by atoms with Crippen LogP contribution < -0.4 is 5.32 Å². The molecule has 0 aliphatic rings. The predicted octanol–water partition coefficient (Wildman–Crippen LogP) is 17.5. The van der Waals surface area contributed by atoms with E-state index in [2.05, 4.69) is 37.4 Å². The number of hydrogen-bond acceptors (Lipinski definition) is 5. The van der Waals surface area contributed by atoms with Crippen LogP contribution >= 0.6 is 0 Å². The van der Waals surface area contributed by atoms with Crippen LogP contribution in [0.2, 0.25) is 0 Å². The van der Waals surface area contributed by atoms with E-state index in [9.17, 15) is 19.8 Å². The molecule has 3 N–H and O–H groups in total. The number of carbonyl (C=O) groups excluding carboxylic acids is 2. The zero-order valence-corrected chi connectivity index (χ0v) is 43.0. The topological polar surface area (TPSA) is 95.9 Å². The van der Waals surface area contributed by atoms with Crippen LogP contribution in [0.5, 0.6) is 0 Å². The van der Waals surface area contributed by atoms with Crippen LogP contribution in [0.15, 0.2) is 24.3 Å². The van der Waals surface area contributed by atoms with E-state index < -0.39 is 12.1 Å². The number of ether oxygens (including phenoxy) is 1. The highest BCUT2D eigenvalue weighted by Gasteiger charge is 2.19. The van der Waals surface area contributed by atoms with Gasteiger partial charge in [0.1, 0.15) is 0 Å². The number of nitrogens with one attached hydrogen (secondary N) is 1. The summed E-state index contributed by atoms with van der Waals surface area (Å²) in [6, 6.07) is -0.585. The maximum atomic E-state index is 12.5. The van der Waals surface area contributed by atoms with Gasteiger partial charge in [0.15, 0.2) is 0 Å². The summed E-state index contributed by atoms with van der Waals surface area (Å²) in [7, 11) is 0. The second-order valence-electron chi connectivity index (χ2n) is 19.6. The summed E-state index contributed by atoms with van der Waals surface area (Å²) in [5, 5.41) is 23.2. The van der Waals surface area contributed by atoms with Gasteiger partial charge < -0.3 is 20.3 Å². The molecule has 0 aromatic carbocycles. The third kappa shape index (κ3) is 49.8. The Kier molecular flexibility index (Phi) is 52.6. The molecular weight excluding hydrogens is 791 g/mol. The first-order valence-corrected chi connectivity index (χ1v) is 28.6. The molecule has 0 aliphatic carbocycles. The number of hydrogen-bond donors (Lipinski definition) is 3. The number of amides is 1. The molecule has 0 heterocycles. The maximum Gasteiger partial charge on any atom is 0.305 e. The van der Waals surface area contributed by atoms with Crippen molar-refractivity contribution in [2.45, 2.75) is 321 Å². The lowest BCUT2D eigenvalue weighted by atomic mass is 10.0. The van der Waals surface area contributed by atoms with Gasteiger partial charge in [0, 0.05) is 12.8 Å². The second-order valence-corrected chi connectivity index (χ2v) is 19.6. The molecule has 6 nitrogen and oxygen atoms in total. The second kappa shape index (κ2) is 54.0. The molecule has 1 amide bonds. The summed E-state index contributed by atoms with van der Waals surface area (Å²) in [5.41, 5.74) is 0. The van der Waals surface area contributed by atoms with Gasteiger partial charge in [-0.05, 0) is 44.9 Å². The van der Waals surface area contributed by atoms with Crippen LogP contribution in [0.4, 0.5) is 0 Å². The fourth-order valence-corrected chi connectivity index (χ4v) is 8.87. The van der Waals surface area contributed by atoms with Crippen LogP contribution in [0.3, 0.4) is 0 Å². The number of esters is 1. The summed E-state index contributed by atoms with van der Waals surface area (Å²) >= 11 is 0. The number of carbonyl (C=O) groups is 2. The van der Waals surface area contributed by atoms with E-state index in [1.807, 2.05) is 6.08 Å². The Hall–Kier alpha value is -1.66. The van der Waals surface area contributed by atoms with Gasteiger partial charge in [-0.2, -0.15) is 0 Å². The third-order valence-corrected chi connectivity index (χ3v) is 13.3. The van der Waals surface area contributed by atoms with Crippen molar-refractivity contribution in [3.8, 4) is 0 Å². The van der Waals surface area contributed by atoms with E-state index in [0.717, 1.165) is 51.4 Å². The molecule has 0 radical (unpaired) electrons. The average molecular weight is 903 g/mol. The van der Waals surface area contributed by atoms with E-state index in [1.54, 1.807) is 0 Å². The van der Waals surface area contributed by atoms with E-state index in [1.165, 1.54) is 218 Å². The minimum Gasteiger partial charge on any atom is -0.466 e. The first-order valence-electron chi connectivity index (χ1n) is 28.6. The lowest BCUT2D eigenvalue weighted by molar-refractivity contribution is -0.143. The zero-order chi connectivity index (χ0) is 46.5. The van der Waals surface area contributed by atoms with Gasteiger partial charge in [-0.25, -0.2) is 0 Å². The van der Waals surface area contributed by atoms with Gasteiger partial charge in [0.2, 0.25) is 5.91 Å². The molecular formula is C58H111NO5. The summed E-state index contributed by atoms with van der Waals surface area (Å²) in [5.74, 6) is -0.128. The molecule has 0 bridgehead atoms. The lowest BCUT2D eigenvalue weighted by Crippen LogP contribution is -2.45. The lowest BCUT2D eigenvalue weighted by Gasteiger charge is -2.22. The van der Waals surface area contributed by atoms with Crippen molar-refractivity contribution in [1.82, 2.24) is 5.32 Å². The molecule has 0 saturated carbocycles. The fraction of sp³-hybridized carbons (Fsp3) is 0.897. The quantitative estimate of drug-likeness (QED) is 0.0321. The third-order valence-electron chi connectivity index (χ3n) is 13.3. The highest BCUT2D eigenvalue weighted by molar-refractivity contribution is 5.76. The molecule has 0 aromatic rings. The largest absolute Gasteiger partial charge is 0.466 e. The number of aliphatic hydroxyl groups excluding tert-OH is 2. The number of allylic oxidation sites excluding steroid dienone is 4. The van der Waals surface area contributed by atoms with Crippen LogP contribution in [0, 0.1) is 0 Å². The van der Waals surface area contributed by atoms with Crippen LogP contribution in [-0.2, 0) is 14.3 Å². The Bertz CT molecular complexity index is 997. The molecule has 0 fully saturated rings. The van der Waals surface area contributed by atoms with Crippen molar-refractivity contribution in [3.63, 3.8) is 0 Å². The molecule has 0 spiro atoms. The average Bonchev–Trinajstić information content (AvgIpc) is 3.29. The smallest absolute Gasteiger partial charge is 0.305 e. The highest BCUT2D eigenvalue weighted by atomic mass is 16.5. The summed E-state index contributed by atoms with van der Waals surface area (Å²) < 4.78 is 5.45. The van der Waals surface area contributed by atoms with Gasteiger partial charge in [-0.3, -0.25) is 9.59 Å². The van der Waals surface area contributed by atoms with Crippen molar-refractivity contribution in [3.05, 3.63) is 24.3 Å². The van der Waals surface area contributed by atoms with Gasteiger partial charge in [-0.1, -0.05) is 276 Å². The van der Waals surface area contributed by atoms with Gasteiger partial charge in [0.05, 0.1) is 25.4 Å². The number of unbranched alkanes of at least 4 members (excludes halogenated alkanes) is 38. The van der Waals surface area contributed by atoms with Crippen LogP contribution in [0.1, 0.15) is 309 Å². The summed E-state index contributed by atoms with van der Waals surface area (Å²) in [4.78, 5) is 24.5. The molecule has 378 valence electrons. The molecule has 2 unspecified atom stereocenters. The number of aliphatic hydroxyl groups is 2. The first-order chi connectivity index (χ1) is 31.5. The molecule has 0 aliphatic heterocycles. The highest BCUT2D eigenvalue weighted by Crippen LogP contribution is 2.17. The Balaban J connectivity index is 3.53. The minimum atomic E-state index is -0.699. The van der Waals surface area contributed by atoms with E-state index in [4.69, 9.17) is 4.74 Å². The molecule has 64 heavy (non-hydrogen) atoms. The minimum absolute atomic E-state index is 0.0149. The van der Waals surface area contributed by atoms with Crippen molar-refractivity contribution in [2.75, 3.05) is 13.2 Å². The first kappa shape index (κ1) is 62.3. The predicted molar refractivity (Wildman–Crippen MR) is 278 cm³/mol. The Morgan fingerprint density at radius 1 is 0.438 bits per heavy atom. The van der Waals surface area contributed by atoms with E-state index >= 15 is 0 Å². The maximum absolute atomic E-state index is 12.5. The number of rotatable bonds is 53. The molecule has 0 saturated heterocycles. The van der Waals surface area contributed by atoms with E-state index in [0.29, 0.717) is 32.3 Å². The standard InChI is InChI=1S/C58H111NO5/c1-3-5-7-9-11-13-15-17-18-19-20-21-22-23-24-27-30-34-38-42-46-50-56(61)55(54-60)59-57(62)51-47-43-39-35-31-28-25-29-33-37-41-45-49-53-64-58(63)52-48-44-40-36-32-26-16-14-12-10-8-6-4-2/h28,31,39,43,55-56,60-61H,3-27,29-30,32-38,40-42,44-54H2,1-2H3,(H,59,62)/b31-28-,43-39-. The fourth-order valence-electron chi connectivity index (χ4n) is 8.87. The molecule has 0 aromatic heterocycles. The Morgan fingerprint density at radius 2 is 0.797 bits per heavy atom. The Labute approximate surface area is 399 Å². The summed E-state index contributed by atoms with van der Waals surface area (Å²) in [6.45, 7) is 4.91. The molecule has 2 atom stereocenters. The molecule has 0 rings (SSSR count). The van der Waals surface area contributed by atoms with Gasteiger partial charge in [-0.15, -0.1) is 0 Å². The summed E-state index contributed by atoms with van der Waals surface area (Å²) in [6.07, 6.45) is 64.6. The van der Waals surface area contributed by atoms with E-state index in [-0.39, 0.29) is 18.5 Å². The zero-order valence-electron chi connectivity index (χ0n) is 43.0. The van der Waals surface area contributed by atoms with Crippen LogP contribution in [0.25, 0.3) is 0 Å². The van der Waals surface area contributed by atoms with Crippen molar-refractivity contribution in [1.29, 1.82) is 0 Å². The monoisotopic (exact) mass is 902 g/mol. The van der Waals surface area contributed by atoms with Crippen molar-refractivity contribution < 1.29 is 24.5 Å². The normalized spacial score (nSPS) is 12.8. The van der Waals surface area contributed by atoms with Gasteiger partial charge >= 0.3 is 5.97 Å². The Morgan fingerprint density at radius 3 is 1.22 bits per heavy atom. The molecule has 6 heteroatoms. The van der Waals surface area contributed by atoms with Crippen molar-refractivity contribution in [2.24, 2.45) is 0 Å². The van der Waals surface area contributed by atoms with Gasteiger partial charge in [0.25, 0.3) is 0 Å². The SMILES string of the molecule is CCCCCCCCCCCCCCCCCCCCCCCC(O)C(CO)NC(=O)CC/C=C\C/C=C\CCCCCCCCOC(=O)CCCCCCCCCCCCCCC. The van der Waals surface area contributed by atoms with Crippen LogP contribution in [-0.4, -0.2) is 47.4 Å². The van der Waals surface area contributed by atoms with Crippen molar-refractivity contribution >= 4 is 11.9 Å².